The summed E-state index contributed by atoms with van der Waals surface area (Å²) in [7, 11) is -16.1. The number of thiol groups is 1. The van der Waals surface area contributed by atoms with Crippen molar-refractivity contribution < 1.29 is 38.9 Å². The SMILES string of the molecule is O=S(=O)(O)c1cc(S)c(-c2ccccc2)c(S(=O)(=O)O)c1S(=O)(=O)O. The number of hydrogen-bond acceptors (Lipinski definition) is 7. The molecule has 0 atom stereocenters. The predicted molar refractivity (Wildman–Crippen MR) is 88.6 cm³/mol. The van der Waals surface area contributed by atoms with Gasteiger partial charge in [-0.25, -0.2) is 0 Å². The second-order valence-corrected chi connectivity index (χ2v) is 9.31. The Kier molecular flexibility index (Phi) is 5.04. The first kappa shape index (κ1) is 19.8. The minimum Gasteiger partial charge on any atom is -0.282 e. The van der Waals surface area contributed by atoms with E-state index < -0.39 is 50.6 Å². The highest BCUT2D eigenvalue weighted by molar-refractivity contribution is 7.90. The van der Waals surface area contributed by atoms with E-state index >= 15 is 0 Å². The fraction of sp³-hybridized carbons (Fsp3) is 0. The third kappa shape index (κ3) is 4.03. The monoisotopic (exact) mass is 426 g/mol. The van der Waals surface area contributed by atoms with Crippen LogP contribution in [-0.2, 0) is 30.4 Å². The van der Waals surface area contributed by atoms with E-state index in [0.717, 1.165) is 0 Å². The minimum atomic E-state index is -5.49. The molecule has 2 rings (SSSR count). The summed E-state index contributed by atoms with van der Waals surface area (Å²) in [5.41, 5.74) is -0.404. The van der Waals surface area contributed by atoms with Crippen LogP contribution < -0.4 is 0 Å². The van der Waals surface area contributed by atoms with Crippen molar-refractivity contribution in [1.29, 1.82) is 0 Å². The Morgan fingerprint density at radius 1 is 0.720 bits per heavy atom. The molecule has 0 radical (unpaired) electrons. The van der Waals surface area contributed by atoms with Gasteiger partial charge in [0.15, 0.2) is 0 Å². The maximum absolute atomic E-state index is 11.8. The lowest BCUT2D eigenvalue weighted by Crippen LogP contribution is -2.16. The zero-order valence-corrected chi connectivity index (χ0v) is 15.3. The molecule has 0 saturated carbocycles. The molecule has 3 N–H and O–H groups in total. The maximum Gasteiger partial charge on any atom is 0.297 e. The number of hydrogen-bond donors (Lipinski definition) is 4. The van der Waals surface area contributed by atoms with Crippen LogP contribution in [0.5, 0.6) is 0 Å². The van der Waals surface area contributed by atoms with Crippen molar-refractivity contribution in [2.24, 2.45) is 0 Å². The fourth-order valence-electron chi connectivity index (χ4n) is 2.17. The van der Waals surface area contributed by atoms with E-state index in [4.69, 9.17) is 0 Å². The van der Waals surface area contributed by atoms with Crippen LogP contribution in [0.1, 0.15) is 0 Å². The Hall–Kier alpha value is -1.48. The molecule has 0 saturated heterocycles. The molecule has 13 heteroatoms. The highest BCUT2D eigenvalue weighted by Crippen LogP contribution is 2.40. The Morgan fingerprint density at radius 2 is 1.20 bits per heavy atom. The Labute approximate surface area is 149 Å². The molecule has 2 aromatic rings. The molecule has 0 amide bonds. The van der Waals surface area contributed by atoms with E-state index in [1.807, 2.05) is 0 Å². The van der Waals surface area contributed by atoms with Gasteiger partial charge in [0.2, 0.25) is 0 Å². The van der Waals surface area contributed by atoms with Crippen LogP contribution in [0.15, 0.2) is 56.0 Å². The predicted octanol–water partition coefficient (Wildman–Crippen LogP) is 1.38. The van der Waals surface area contributed by atoms with Gasteiger partial charge in [-0.1, -0.05) is 30.3 Å². The summed E-state index contributed by atoms with van der Waals surface area (Å²) in [5.74, 6) is 0. The lowest BCUT2D eigenvalue weighted by atomic mass is 10.1. The van der Waals surface area contributed by atoms with Crippen LogP contribution in [-0.4, -0.2) is 38.9 Å². The van der Waals surface area contributed by atoms with Gasteiger partial charge in [-0.15, -0.1) is 12.6 Å². The Balaban J connectivity index is 3.25. The van der Waals surface area contributed by atoms with Crippen LogP contribution in [0.3, 0.4) is 0 Å². The van der Waals surface area contributed by atoms with Crippen molar-refractivity contribution in [3.05, 3.63) is 36.4 Å². The summed E-state index contributed by atoms with van der Waals surface area (Å²) in [6.07, 6.45) is 0. The van der Waals surface area contributed by atoms with E-state index in [1.165, 1.54) is 24.3 Å². The van der Waals surface area contributed by atoms with Crippen molar-refractivity contribution in [2.45, 2.75) is 19.6 Å². The lowest BCUT2D eigenvalue weighted by Gasteiger charge is -2.16. The van der Waals surface area contributed by atoms with Crippen molar-refractivity contribution >= 4 is 43.0 Å². The molecule has 0 aliphatic heterocycles. The van der Waals surface area contributed by atoms with E-state index in [-0.39, 0.29) is 10.5 Å². The molecule has 0 aliphatic rings. The zero-order chi connectivity index (χ0) is 19.2. The van der Waals surface area contributed by atoms with Crippen LogP contribution in [0.2, 0.25) is 0 Å². The fourth-order valence-corrected chi connectivity index (χ4v) is 6.11. The molecule has 0 unspecified atom stereocenters. The van der Waals surface area contributed by atoms with Gasteiger partial charge < -0.3 is 0 Å². The van der Waals surface area contributed by atoms with Gasteiger partial charge in [0.05, 0.1) is 0 Å². The first-order valence-electron chi connectivity index (χ1n) is 6.12. The largest absolute Gasteiger partial charge is 0.297 e. The van der Waals surface area contributed by atoms with Crippen LogP contribution >= 0.6 is 12.6 Å². The quantitative estimate of drug-likeness (QED) is 0.418. The van der Waals surface area contributed by atoms with Crippen molar-refractivity contribution in [3.8, 4) is 11.1 Å². The molecular weight excluding hydrogens is 416 g/mol. The summed E-state index contributed by atoms with van der Waals surface area (Å²) < 4.78 is 97.8. The van der Waals surface area contributed by atoms with Crippen molar-refractivity contribution in [1.82, 2.24) is 0 Å². The van der Waals surface area contributed by atoms with E-state index in [2.05, 4.69) is 12.6 Å². The van der Waals surface area contributed by atoms with Gasteiger partial charge in [-0.2, -0.15) is 25.3 Å². The maximum atomic E-state index is 11.8. The zero-order valence-electron chi connectivity index (χ0n) is 11.9. The second-order valence-electron chi connectivity index (χ2n) is 4.72. The van der Waals surface area contributed by atoms with Crippen LogP contribution in [0, 0.1) is 0 Å². The highest BCUT2D eigenvalue weighted by Gasteiger charge is 2.36. The third-order valence-electron chi connectivity index (χ3n) is 3.04. The molecule has 2 aromatic carbocycles. The topological polar surface area (TPSA) is 163 Å². The molecule has 25 heavy (non-hydrogen) atoms. The molecule has 9 nitrogen and oxygen atoms in total. The second kappa shape index (κ2) is 6.35. The standard InChI is InChI=1S/C12H10O9S4/c13-23(14,15)9-6-8(22)10(7-4-2-1-3-5-7)12(25(19,20)21)11(9)24(16,17)18/h1-6,22H,(H,13,14,15)(H,16,17,18)(H,19,20,21). The summed E-state index contributed by atoms with van der Waals surface area (Å²) in [4.78, 5) is -4.90. The van der Waals surface area contributed by atoms with Crippen molar-refractivity contribution in [2.75, 3.05) is 0 Å². The molecule has 0 bridgehead atoms. The van der Waals surface area contributed by atoms with Crippen LogP contribution in [0.25, 0.3) is 11.1 Å². The molecule has 0 fully saturated rings. The molecular formula is C12H10O9S4. The smallest absolute Gasteiger partial charge is 0.282 e. The molecule has 0 aromatic heterocycles. The average molecular weight is 426 g/mol. The van der Waals surface area contributed by atoms with Gasteiger partial charge in [-0.05, 0) is 11.6 Å². The number of rotatable bonds is 4. The van der Waals surface area contributed by atoms with Crippen molar-refractivity contribution in [3.63, 3.8) is 0 Å². The Bertz CT molecular complexity index is 1150. The van der Waals surface area contributed by atoms with Gasteiger partial charge in [0.25, 0.3) is 30.4 Å². The van der Waals surface area contributed by atoms with Gasteiger partial charge >= 0.3 is 0 Å². The normalized spacial score (nSPS) is 13.0. The molecule has 0 spiro atoms. The number of benzene rings is 2. The molecule has 0 heterocycles. The summed E-state index contributed by atoms with van der Waals surface area (Å²) >= 11 is 3.93. The summed E-state index contributed by atoms with van der Waals surface area (Å²) in [6, 6.07) is 7.71. The summed E-state index contributed by atoms with van der Waals surface area (Å²) in [5, 5.41) is 0. The van der Waals surface area contributed by atoms with Gasteiger partial charge in [0, 0.05) is 10.5 Å². The van der Waals surface area contributed by atoms with E-state index in [1.54, 1.807) is 6.07 Å². The minimum absolute atomic E-state index is 0.0620. The average Bonchev–Trinajstić information content (AvgIpc) is 2.43. The third-order valence-corrected chi connectivity index (χ3v) is 6.39. The highest BCUT2D eigenvalue weighted by atomic mass is 32.2. The first-order chi connectivity index (χ1) is 11.2. The van der Waals surface area contributed by atoms with E-state index in [9.17, 15) is 38.9 Å². The molecule has 136 valence electrons. The Morgan fingerprint density at radius 3 is 1.60 bits per heavy atom. The van der Waals surface area contributed by atoms with Crippen LogP contribution in [0.4, 0.5) is 0 Å². The van der Waals surface area contributed by atoms with Gasteiger partial charge in [0.1, 0.15) is 14.7 Å². The molecule has 0 aliphatic carbocycles. The van der Waals surface area contributed by atoms with Gasteiger partial charge in [-0.3, -0.25) is 13.7 Å². The lowest BCUT2D eigenvalue weighted by molar-refractivity contribution is 0.455. The summed E-state index contributed by atoms with van der Waals surface area (Å²) in [6.45, 7) is 0. The van der Waals surface area contributed by atoms with E-state index in [0.29, 0.717) is 6.07 Å². The first-order valence-corrected chi connectivity index (χ1v) is 10.9.